The third-order valence-electron chi connectivity index (χ3n) is 3.84. The molecule has 1 aromatic heterocycles. The van der Waals surface area contributed by atoms with E-state index >= 15 is 0 Å². The van der Waals surface area contributed by atoms with Gasteiger partial charge in [0.1, 0.15) is 0 Å². The average molecular weight is 294 g/mol. The highest BCUT2D eigenvalue weighted by Crippen LogP contribution is 2.33. The molecule has 1 aromatic rings. The first-order chi connectivity index (χ1) is 9.63. The smallest absolute Gasteiger partial charge is 0.225 e. The van der Waals surface area contributed by atoms with Gasteiger partial charge < -0.3 is 5.32 Å². The van der Waals surface area contributed by atoms with E-state index < -0.39 is 0 Å². The summed E-state index contributed by atoms with van der Waals surface area (Å²) in [5, 5.41) is 6.42. The van der Waals surface area contributed by atoms with Crippen LogP contribution in [-0.4, -0.2) is 47.5 Å². The molecule has 6 heteroatoms. The van der Waals surface area contributed by atoms with Crippen molar-refractivity contribution in [3.63, 3.8) is 0 Å². The number of hydrogen-bond acceptors (Lipinski definition) is 5. The number of nitrogens with zero attached hydrogens (tertiary/aromatic N) is 3. The van der Waals surface area contributed by atoms with Gasteiger partial charge in [-0.25, -0.2) is 4.98 Å². The lowest BCUT2D eigenvalue weighted by atomic mass is 10.2. The topological polar surface area (TPSA) is 48.5 Å². The lowest BCUT2D eigenvalue weighted by Gasteiger charge is -2.31. The summed E-state index contributed by atoms with van der Waals surface area (Å²) in [7, 11) is 0. The van der Waals surface area contributed by atoms with Crippen molar-refractivity contribution in [1.82, 2.24) is 15.2 Å². The molecule has 5 nitrogen and oxygen atoms in total. The number of rotatable bonds is 4. The first-order valence-electron chi connectivity index (χ1n) is 7.33. The number of thiazole rings is 1. The van der Waals surface area contributed by atoms with Crippen LogP contribution in [0, 0.1) is 0 Å². The summed E-state index contributed by atoms with van der Waals surface area (Å²) in [5.41, 5.74) is 1.09. The van der Waals surface area contributed by atoms with Gasteiger partial charge >= 0.3 is 0 Å². The number of amides is 1. The molecule has 0 spiro atoms. The minimum Gasteiger partial charge on any atom is -0.312 e. The quantitative estimate of drug-likeness (QED) is 0.913. The molecule has 20 heavy (non-hydrogen) atoms. The van der Waals surface area contributed by atoms with Crippen LogP contribution in [0.2, 0.25) is 0 Å². The molecule has 1 amide bonds. The highest BCUT2D eigenvalue weighted by molar-refractivity contribution is 7.14. The third kappa shape index (κ3) is 3.19. The lowest BCUT2D eigenvalue weighted by Crippen LogP contribution is -2.48. The van der Waals surface area contributed by atoms with Gasteiger partial charge in [-0.3, -0.25) is 14.6 Å². The summed E-state index contributed by atoms with van der Waals surface area (Å²) in [5.74, 6) is 0.115. The molecular weight excluding hydrogens is 272 g/mol. The second-order valence-corrected chi connectivity index (χ2v) is 6.67. The third-order valence-corrected chi connectivity index (χ3v) is 4.72. The number of hydrogen-bond donors (Lipinski definition) is 1. The number of nitrogens with one attached hydrogen (secondary N) is 1. The highest BCUT2D eigenvalue weighted by atomic mass is 32.1. The van der Waals surface area contributed by atoms with Crippen LogP contribution in [0.3, 0.4) is 0 Å². The first-order valence-corrected chi connectivity index (χ1v) is 8.21. The molecule has 1 N–H and O–H groups in total. The maximum Gasteiger partial charge on any atom is 0.225 e. The Hall–Kier alpha value is -0.980. The van der Waals surface area contributed by atoms with Gasteiger partial charge in [0.15, 0.2) is 5.13 Å². The largest absolute Gasteiger partial charge is 0.312 e. The Morgan fingerprint density at radius 3 is 3.05 bits per heavy atom. The lowest BCUT2D eigenvalue weighted by molar-refractivity contribution is -0.116. The molecule has 1 unspecified atom stereocenters. The van der Waals surface area contributed by atoms with E-state index in [0.29, 0.717) is 12.1 Å². The fourth-order valence-electron chi connectivity index (χ4n) is 2.75. The fourth-order valence-corrected chi connectivity index (χ4v) is 3.68. The Kier molecular flexibility index (Phi) is 4.05. The SMILES string of the molecule is CC(=O)N(c1nc(CN2CCNC(C)C2)cs1)C1CC1. The van der Waals surface area contributed by atoms with Gasteiger partial charge in [0.25, 0.3) is 0 Å². The first kappa shape index (κ1) is 14.0. The maximum absolute atomic E-state index is 11.7. The number of carbonyl (C=O) groups is 1. The molecule has 1 atom stereocenters. The van der Waals surface area contributed by atoms with Crippen molar-refractivity contribution in [2.75, 3.05) is 24.5 Å². The maximum atomic E-state index is 11.7. The Balaban J connectivity index is 1.65. The van der Waals surface area contributed by atoms with E-state index in [1.807, 2.05) is 4.90 Å². The van der Waals surface area contributed by atoms with Gasteiger partial charge in [0.05, 0.1) is 5.69 Å². The van der Waals surface area contributed by atoms with E-state index in [1.165, 1.54) is 0 Å². The second-order valence-electron chi connectivity index (χ2n) is 5.83. The summed E-state index contributed by atoms with van der Waals surface area (Å²) in [6.45, 7) is 7.90. The minimum atomic E-state index is 0.115. The van der Waals surface area contributed by atoms with Crippen LogP contribution >= 0.6 is 11.3 Å². The molecule has 3 rings (SSSR count). The molecule has 0 aromatic carbocycles. The van der Waals surface area contributed by atoms with Crippen molar-refractivity contribution in [3.8, 4) is 0 Å². The Morgan fingerprint density at radius 1 is 1.60 bits per heavy atom. The monoisotopic (exact) mass is 294 g/mol. The average Bonchev–Trinajstić information content (AvgIpc) is 3.10. The van der Waals surface area contributed by atoms with Gasteiger partial charge in [-0.15, -0.1) is 11.3 Å². The Labute approximate surface area is 124 Å². The van der Waals surface area contributed by atoms with Crippen LogP contribution in [0.5, 0.6) is 0 Å². The standard InChI is InChI=1S/C14H22N4OS/c1-10-7-17(6-5-15-10)8-12-9-20-14(16-12)18(11(2)19)13-3-4-13/h9-10,13,15H,3-8H2,1-2H3. The molecule has 0 bridgehead atoms. The van der Waals surface area contributed by atoms with E-state index in [2.05, 4.69) is 27.5 Å². The fraction of sp³-hybridized carbons (Fsp3) is 0.714. The summed E-state index contributed by atoms with van der Waals surface area (Å²) >= 11 is 1.60. The number of piperazine rings is 1. The van der Waals surface area contributed by atoms with Crippen molar-refractivity contribution >= 4 is 22.4 Å². The van der Waals surface area contributed by atoms with E-state index in [1.54, 1.807) is 18.3 Å². The molecule has 2 aliphatic rings. The van der Waals surface area contributed by atoms with Crippen molar-refractivity contribution in [2.24, 2.45) is 0 Å². The van der Waals surface area contributed by atoms with Gasteiger partial charge in [-0.2, -0.15) is 0 Å². The van der Waals surface area contributed by atoms with E-state index in [0.717, 1.165) is 49.8 Å². The summed E-state index contributed by atoms with van der Waals surface area (Å²) in [6.07, 6.45) is 2.23. The van der Waals surface area contributed by atoms with Crippen LogP contribution in [0.25, 0.3) is 0 Å². The predicted octanol–water partition coefficient (Wildman–Crippen LogP) is 1.45. The highest BCUT2D eigenvalue weighted by Gasteiger charge is 2.33. The van der Waals surface area contributed by atoms with Crippen molar-refractivity contribution < 1.29 is 4.79 Å². The van der Waals surface area contributed by atoms with Gasteiger partial charge in [0.2, 0.25) is 5.91 Å². The molecule has 1 saturated heterocycles. The molecule has 0 radical (unpaired) electrons. The van der Waals surface area contributed by atoms with Crippen molar-refractivity contribution in [2.45, 2.75) is 45.3 Å². The number of carbonyl (C=O) groups excluding carboxylic acids is 1. The normalized spacial score (nSPS) is 23.8. The zero-order valence-corrected chi connectivity index (χ0v) is 12.9. The van der Waals surface area contributed by atoms with Crippen LogP contribution < -0.4 is 10.2 Å². The zero-order valence-electron chi connectivity index (χ0n) is 12.1. The van der Waals surface area contributed by atoms with Gasteiger partial charge in [0, 0.05) is 50.6 Å². The van der Waals surface area contributed by atoms with Crippen LogP contribution in [0.4, 0.5) is 5.13 Å². The summed E-state index contributed by atoms with van der Waals surface area (Å²) in [4.78, 5) is 20.7. The van der Waals surface area contributed by atoms with Crippen LogP contribution in [0.1, 0.15) is 32.4 Å². The molecule has 2 fully saturated rings. The Bertz CT molecular complexity index is 485. The van der Waals surface area contributed by atoms with E-state index in [9.17, 15) is 4.79 Å². The molecule has 110 valence electrons. The van der Waals surface area contributed by atoms with E-state index in [-0.39, 0.29) is 5.91 Å². The predicted molar refractivity (Wildman–Crippen MR) is 81.0 cm³/mol. The molecule has 1 aliphatic carbocycles. The summed E-state index contributed by atoms with van der Waals surface area (Å²) in [6, 6.07) is 0.938. The number of anilines is 1. The van der Waals surface area contributed by atoms with Crippen LogP contribution in [0.15, 0.2) is 5.38 Å². The van der Waals surface area contributed by atoms with Crippen molar-refractivity contribution in [3.05, 3.63) is 11.1 Å². The molecule has 1 aliphatic heterocycles. The van der Waals surface area contributed by atoms with Crippen molar-refractivity contribution in [1.29, 1.82) is 0 Å². The Morgan fingerprint density at radius 2 is 2.40 bits per heavy atom. The minimum absolute atomic E-state index is 0.115. The summed E-state index contributed by atoms with van der Waals surface area (Å²) < 4.78 is 0. The zero-order chi connectivity index (χ0) is 14.1. The molecular formula is C14H22N4OS. The second kappa shape index (κ2) is 5.79. The van der Waals surface area contributed by atoms with Gasteiger partial charge in [-0.1, -0.05) is 0 Å². The van der Waals surface area contributed by atoms with Crippen LogP contribution in [-0.2, 0) is 11.3 Å². The van der Waals surface area contributed by atoms with Gasteiger partial charge in [-0.05, 0) is 19.8 Å². The molecule has 2 heterocycles. The molecule has 1 saturated carbocycles. The number of aromatic nitrogens is 1. The van der Waals surface area contributed by atoms with E-state index in [4.69, 9.17) is 0 Å².